The Hall–Kier alpha value is -10.7. The molecule has 0 atom stereocenters. The lowest BCUT2D eigenvalue weighted by Gasteiger charge is -2.35. The molecule has 4 fully saturated rings. The van der Waals surface area contributed by atoms with Crippen LogP contribution in [0.2, 0.25) is 20.1 Å². The van der Waals surface area contributed by atoms with Crippen molar-refractivity contribution in [2.75, 3.05) is 157 Å². The summed E-state index contributed by atoms with van der Waals surface area (Å²) in [5, 5.41) is 53.0. The summed E-state index contributed by atoms with van der Waals surface area (Å²) in [6.45, 7) is 22.7. The summed E-state index contributed by atoms with van der Waals surface area (Å²) in [7, 11) is 3.17. The molecule has 0 bridgehead atoms. The Balaban J connectivity index is 0.000000133. The van der Waals surface area contributed by atoms with Crippen LogP contribution in [0.15, 0.2) is 219 Å². The number of carbonyl (C=O) groups excluding carboxylic acids is 4. The van der Waals surface area contributed by atoms with Crippen molar-refractivity contribution in [3.8, 4) is 67.5 Å². The molecule has 140 heavy (non-hydrogen) atoms. The molecule has 16 aromatic rings. The summed E-state index contributed by atoms with van der Waals surface area (Å²) in [6, 6.07) is 51.1. The predicted octanol–water partition coefficient (Wildman–Crippen LogP) is 24.0. The number of aliphatic hydroxyl groups excluding tert-OH is 2. The number of aliphatic hydroxyl groups is 2. The molecule has 0 saturated carbocycles. The molecule has 4 aliphatic rings. The first kappa shape index (κ1) is 102. The van der Waals surface area contributed by atoms with E-state index in [4.69, 9.17) is 61.0 Å². The van der Waals surface area contributed by atoms with Crippen LogP contribution >= 0.6 is 156 Å². The molecule has 0 spiro atoms. The molecule has 0 unspecified atom stereocenters. The molecule has 4 N–H and O–H groups in total. The van der Waals surface area contributed by atoms with Crippen LogP contribution < -0.4 is 29.1 Å². The van der Waals surface area contributed by atoms with Gasteiger partial charge in [0, 0.05) is 171 Å². The van der Waals surface area contributed by atoms with E-state index in [1.165, 1.54) is 64.3 Å². The predicted molar refractivity (Wildman–Crippen MR) is 580 cm³/mol. The van der Waals surface area contributed by atoms with Gasteiger partial charge < -0.3 is 69.1 Å². The van der Waals surface area contributed by atoms with E-state index in [0.717, 1.165) is 63.1 Å². The fourth-order valence-electron chi connectivity index (χ4n) is 17.6. The number of hydrogen-bond donors (Lipinski definition) is 4. The second kappa shape index (κ2) is 44.8. The Morgan fingerprint density at radius 2 is 0.629 bits per heavy atom. The third kappa shape index (κ3) is 21.2. The summed E-state index contributed by atoms with van der Waals surface area (Å²) < 4.78 is 92.4. The first-order valence-corrected chi connectivity index (χ1v) is 52.1. The van der Waals surface area contributed by atoms with Crippen LogP contribution in [0.3, 0.4) is 0 Å². The van der Waals surface area contributed by atoms with E-state index in [1.807, 2.05) is 115 Å². The highest BCUT2D eigenvalue weighted by molar-refractivity contribution is 9.69. The summed E-state index contributed by atoms with van der Waals surface area (Å²) in [5.41, 5.74) is 5.28. The molecule has 39 heteroatoms. The molecular weight excluding hydrogens is 2220 g/mol. The molecule has 12 aromatic carbocycles. The normalized spacial score (nSPS) is 13.9. The van der Waals surface area contributed by atoms with Gasteiger partial charge in [-0.3, -0.25) is 19.2 Å². The lowest BCUT2D eigenvalue weighted by Crippen LogP contribution is -2.49. The van der Waals surface area contributed by atoms with Gasteiger partial charge in [0.25, 0.3) is 11.8 Å². The van der Waals surface area contributed by atoms with E-state index in [2.05, 4.69) is 127 Å². The number of ether oxygens (including phenoxy) is 2. The number of halogens is 12. The standard InChI is InChI=1S/C26H23ClFN3O3S.C25H20BrClFN3O2S.C25H21ClFN3O3S.C25H21ClFN3O2S.BBr3/c1-15(14-32)25(33)30-7-9-31(10-8-30)26-20-13-21(27)22(23(28)24(20)29-35-26)19-12-17(34-2)11-16-5-3-4-6-18(16)19;1-14(13-26)24(33)30-6-8-31(9-7-30)25-19-12-20(27)21(22(28)23(19)29-34-25)18-11-16(32)10-15-4-2-3-5-17(15)18;1-14(13-31)24(33)29-6-8-30(9-7-29)25-19-12-20(26)21(22(27)23(19)28-34-25)18-11-16(32)10-15-4-2-3-5-17(15)18;1-3-21(31)29-8-10-30(11-9-29)25-19-14-20(26)22(23(27)24(19)28-33-25)18-13-16(32-2)12-15-6-4-5-7-17(15)18;2-1(3)4/h3-6,11-13,32H,1,7-10,14H2,2H3;2-5,10-12,32H,1,6-9,13H2;2-5,10-12,31-32H,1,6-9,13H2;3-7,12-14H,1,8-11H2,2H3;. The quantitative estimate of drug-likeness (QED) is 0.0286. The van der Waals surface area contributed by atoms with Crippen molar-refractivity contribution in [1.82, 2.24) is 37.1 Å². The largest absolute Gasteiger partial charge is 0.508 e. The van der Waals surface area contributed by atoms with E-state index in [1.54, 1.807) is 76.3 Å². The number of aromatic hydroxyl groups is 2. The third-order valence-corrected chi connectivity index (χ3v) is 30.1. The number of aromatic nitrogens is 4. The van der Waals surface area contributed by atoms with Gasteiger partial charge in [0.1, 0.15) is 65.1 Å². The van der Waals surface area contributed by atoms with Crippen molar-refractivity contribution in [2.24, 2.45) is 0 Å². The van der Waals surface area contributed by atoms with Gasteiger partial charge in [0.15, 0.2) is 23.3 Å². The van der Waals surface area contributed by atoms with Gasteiger partial charge in [-0.15, -0.1) is 47.3 Å². The van der Waals surface area contributed by atoms with E-state index < -0.39 is 23.3 Å². The van der Waals surface area contributed by atoms with Gasteiger partial charge in [0.2, 0.25) is 11.8 Å². The van der Waals surface area contributed by atoms with E-state index in [0.29, 0.717) is 198 Å². The molecule has 4 aromatic heterocycles. The smallest absolute Gasteiger partial charge is 0.369 e. The van der Waals surface area contributed by atoms with Gasteiger partial charge in [-0.2, -0.15) is 17.5 Å². The van der Waals surface area contributed by atoms with Crippen LogP contribution in [-0.2, 0) is 19.2 Å². The third-order valence-electron chi connectivity index (χ3n) is 24.6. The van der Waals surface area contributed by atoms with Gasteiger partial charge in [0.05, 0.1) is 47.5 Å². The van der Waals surface area contributed by atoms with Crippen LogP contribution in [0.25, 0.3) is 131 Å². The molecule has 0 radical (unpaired) electrons. The van der Waals surface area contributed by atoms with Gasteiger partial charge in [-0.05, 0) is 190 Å². The monoisotopic (exact) mass is 2300 g/mol. The molecular formula is C101H85BBr4Cl4F4N12O10S4. The number of nitrogens with zero attached hydrogens (tertiary/aromatic N) is 12. The Morgan fingerprint density at radius 1 is 0.386 bits per heavy atom. The Morgan fingerprint density at radius 3 is 0.879 bits per heavy atom. The van der Waals surface area contributed by atoms with E-state index >= 15 is 17.6 Å². The number of fused-ring (bicyclic) bond motifs is 8. The highest BCUT2D eigenvalue weighted by atomic mass is 79.9. The SMILES string of the molecule is BrB(Br)Br.C=C(CBr)C(=O)N1CCN(c2snc3c(F)c(-c4cc(O)cc5ccccc45)c(Cl)cc23)CC1.C=C(CO)C(=O)N1CCN(c2snc3c(F)c(-c4cc(O)cc5ccccc45)c(Cl)cc23)CC1.C=C(CO)C(=O)N1CCN(c2snc3c(F)c(-c4cc(OC)cc5ccccc45)c(Cl)cc23)CC1.C=CC(=O)N1CCN(c2snc3c(F)c(-c4cc(OC)cc5ccccc45)c(Cl)cc23)CC1. The lowest BCUT2D eigenvalue weighted by molar-refractivity contribution is -0.128. The molecule has 4 amide bonds. The molecule has 8 heterocycles. The number of hydrogen-bond acceptors (Lipinski definition) is 22. The number of anilines is 4. The molecule has 4 aliphatic heterocycles. The second-order valence-corrected chi connectivity index (χ2v) is 44.4. The number of phenols is 2. The topological polar surface area (TPSA) is 245 Å². The van der Waals surface area contributed by atoms with Crippen LogP contribution in [0.5, 0.6) is 23.0 Å². The number of methoxy groups -OCH3 is 2. The first-order valence-electron chi connectivity index (χ1n) is 43.7. The van der Waals surface area contributed by atoms with Crippen LogP contribution in [0.4, 0.5) is 37.6 Å². The van der Waals surface area contributed by atoms with Crippen LogP contribution in [0.1, 0.15) is 0 Å². The van der Waals surface area contributed by atoms with Gasteiger partial charge in [-0.1, -0.05) is 186 Å². The van der Waals surface area contributed by atoms with Gasteiger partial charge >= 0.3 is 3.18 Å². The Labute approximate surface area is 871 Å². The van der Waals surface area contributed by atoms with E-state index in [9.17, 15) is 34.5 Å². The molecule has 0 aliphatic carbocycles. The zero-order valence-electron chi connectivity index (χ0n) is 74.9. The number of phenolic OH excluding ortho intramolecular Hbond substituents is 2. The molecule has 720 valence electrons. The number of piperazine rings is 4. The second-order valence-electron chi connectivity index (χ2n) is 32.8. The Kier molecular flexibility index (Phi) is 32.7. The summed E-state index contributed by atoms with van der Waals surface area (Å²) in [5.74, 6) is -1.28. The van der Waals surface area contributed by atoms with E-state index in [-0.39, 0.29) is 100 Å². The zero-order chi connectivity index (χ0) is 99.3. The van der Waals surface area contributed by atoms with Crippen molar-refractivity contribution in [2.45, 2.75) is 0 Å². The van der Waals surface area contributed by atoms with Crippen LogP contribution in [0, 0.1) is 23.3 Å². The highest BCUT2D eigenvalue weighted by Gasteiger charge is 2.34. The molecule has 4 saturated heterocycles. The number of rotatable bonds is 17. The number of amides is 4. The molecule has 20 rings (SSSR count). The van der Waals surface area contributed by atoms with Gasteiger partial charge in [-0.25, -0.2) is 17.6 Å². The summed E-state index contributed by atoms with van der Waals surface area (Å²) in [4.78, 5) is 64.1. The summed E-state index contributed by atoms with van der Waals surface area (Å²) >= 11 is 44.2. The maximum Gasteiger partial charge on any atom is 0.369 e. The van der Waals surface area contributed by atoms with Crippen molar-refractivity contribution in [3.05, 3.63) is 262 Å². The zero-order valence-corrected chi connectivity index (χ0v) is 87.5. The average molecular weight is 2300 g/mol. The minimum atomic E-state index is -0.534. The minimum absolute atomic E-state index is 0.0273. The number of benzene rings is 12. The van der Waals surface area contributed by atoms with Crippen molar-refractivity contribution < 1.29 is 66.6 Å². The Bertz CT molecular complexity index is 7370. The number of alkyl halides is 1. The maximum atomic E-state index is 16.0. The lowest BCUT2D eigenvalue weighted by atomic mass is 9.96. The van der Waals surface area contributed by atoms with Crippen LogP contribution in [-0.4, -0.2) is 222 Å². The van der Waals surface area contributed by atoms with Crippen molar-refractivity contribution in [1.29, 1.82) is 0 Å². The molecule has 22 nitrogen and oxygen atoms in total. The fourth-order valence-corrected chi connectivity index (χ4v) is 22.6. The number of carbonyl (C=O) groups is 4. The first-order chi connectivity index (χ1) is 67.4. The maximum absolute atomic E-state index is 16.0. The highest BCUT2D eigenvalue weighted by Crippen LogP contribution is 2.51. The van der Waals surface area contributed by atoms with Crippen molar-refractivity contribution >= 4 is 289 Å². The summed E-state index contributed by atoms with van der Waals surface area (Å²) in [6.07, 6.45) is 1.33. The fraction of sp³-hybridized carbons (Fsp3) is 0.208. The van der Waals surface area contributed by atoms with Crippen molar-refractivity contribution in [3.63, 3.8) is 0 Å². The average Bonchev–Trinajstić information content (AvgIpc) is 1.49. The minimum Gasteiger partial charge on any atom is -0.508 e.